The number of hydrogen-bond donors (Lipinski definition) is 5. The first-order valence-corrected chi connectivity index (χ1v) is 10.3. The maximum absolute atomic E-state index is 12.4. The zero-order chi connectivity index (χ0) is 21.8. The van der Waals surface area contributed by atoms with Crippen LogP contribution in [-0.2, 0) is 11.2 Å². The molecule has 162 valence electrons. The van der Waals surface area contributed by atoms with Crippen LogP contribution in [0.1, 0.15) is 18.0 Å². The van der Waals surface area contributed by atoms with E-state index < -0.39 is 23.7 Å². The first-order valence-electron chi connectivity index (χ1n) is 10.3. The number of benzene rings is 1. The largest absolute Gasteiger partial charge is 0.389 e. The SMILES string of the molecule is CNC(=O)[C@@]12C[C@@H]1[C@@H](n1cnc3c(NCCc4ccccc4)nc(N)nc31)[C@@H](O)C2O. The normalized spacial score (nSPS) is 29.0. The minimum absolute atomic E-state index is 0.0813. The van der Waals surface area contributed by atoms with Gasteiger partial charge in [-0.3, -0.25) is 4.79 Å². The molecule has 2 saturated carbocycles. The predicted molar refractivity (Wildman–Crippen MR) is 114 cm³/mol. The number of carbonyl (C=O) groups excluding carboxylic acids is 1. The maximum atomic E-state index is 12.4. The van der Waals surface area contributed by atoms with Crippen molar-refractivity contribution in [3.63, 3.8) is 0 Å². The summed E-state index contributed by atoms with van der Waals surface area (Å²) in [6.07, 6.45) is 0.608. The number of carbonyl (C=O) groups is 1. The van der Waals surface area contributed by atoms with Gasteiger partial charge in [0, 0.05) is 19.5 Å². The van der Waals surface area contributed by atoms with Gasteiger partial charge in [-0.05, 0) is 18.4 Å². The van der Waals surface area contributed by atoms with E-state index in [-0.39, 0.29) is 17.8 Å². The monoisotopic (exact) mass is 423 g/mol. The number of aromatic nitrogens is 4. The van der Waals surface area contributed by atoms with Gasteiger partial charge in [0.2, 0.25) is 11.9 Å². The van der Waals surface area contributed by atoms with Crippen LogP contribution in [0.25, 0.3) is 11.2 Å². The maximum Gasteiger partial charge on any atom is 0.229 e. The number of imidazole rings is 1. The Morgan fingerprint density at radius 3 is 2.81 bits per heavy atom. The summed E-state index contributed by atoms with van der Waals surface area (Å²) in [5.41, 5.74) is 7.18. The summed E-state index contributed by atoms with van der Waals surface area (Å²) in [7, 11) is 1.53. The third kappa shape index (κ3) is 2.94. The van der Waals surface area contributed by atoms with E-state index in [2.05, 4.69) is 37.7 Å². The summed E-state index contributed by atoms with van der Waals surface area (Å²) < 4.78 is 1.71. The molecule has 31 heavy (non-hydrogen) atoms. The number of anilines is 2. The van der Waals surface area contributed by atoms with E-state index in [4.69, 9.17) is 5.73 Å². The molecule has 0 radical (unpaired) electrons. The van der Waals surface area contributed by atoms with Crippen LogP contribution in [-0.4, -0.2) is 61.4 Å². The Bertz CT molecular complexity index is 1130. The Morgan fingerprint density at radius 1 is 1.29 bits per heavy atom. The van der Waals surface area contributed by atoms with Crippen molar-refractivity contribution in [3.8, 4) is 0 Å². The van der Waals surface area contributed by atoms with Crippen LogP contribution in [0.5, 0.6) is 0 Å². The van der Waals surface area contributed by atoms with Crippen molar-refractivity contribution in [3.05, 3.63) is 42.2 Å². The molecule has 6 N–H and O–H groups in total. The van der Waals surface area contributed by atoms with Crippen molar-refractivity contribution < 1.29 is 15.0 Å². The average Bonchev–Trinajstić information content (AvgIpc) is 3.31. The number of nitrogens with zero attached hydrogens (tertiary/aromatic N) is 4. The van der Waals surface area contributed by atoms with Crippen molar-refractivity contribution in [1.29, 1.82) is 0 Å². The number of amides is 1. The van der Waals surface area contributed by atoms with Gasteiger partial charge in [-0.15, -0.1) is 0 Å². The lowest BCUT2D eigenvalue weighted by Gasteiger charge is -2.23. The fraction of sp³-hybridized carbons (Fsp3) is 0.429. The number of nitrogen functional groups attached to an aromatic ring is 1. The van der Waals surface area contributed by atoms with E-state index in [1.54, 1.807) is 10.9 Å². The average molecular weight is 423 g/mol. The van der Waals surface area contributed by atoms with E-state index in [0.29, 0.717) is 29.9 Å². The van der Waals surface area contributed by atoms with Gasteiger partial charge < -0.3 is 31.1 Å². The molecule has 1 unspecified atom stereocenters. The molecule has 1 aromatic carbocycles. The number of hydrogen-bond acceptors (Lipinski definition) is 8. The van der Waals surface area contributed by atoms with Gasteiger partial charge >= 0.3 is 0 Å². The van der Waals surface area contributed by atoms with Crippen LogP contribution >= 0.6 is 0 Å². The molecular formula is C21H25N7O3. The van der Waals surface area contributed by atoms with Crippen LogP contribution in [0.3, 0.4) is 0 Å². The van der Waals surface area contributed by atoms with Gasteiger partial charge in [-0.2, -0.15) is 9.97 Å². The quantitative estimate of drug-likeness (QED) is 0.374. The topological polar surface area (TPSA) is 151 Å². The summed E-state index contributed by atoms with van der Waals surface area (Å²) in [5.74, 6) is 0.130. The molecule has 2 aromatic heterocycles. The van der Waals surface area contributed by atoms with Crippen molar-refractivity contribution in [2.75, 3.05) is 24.6 Å². The van der Waals surface area contributed by atoms with Crippen LogP contribution in [0.2, 0.25) is 0 Å². The molecule has 0 saturated heterocycles. The van der Waals surface area contributed by atoms with Gasteiger partial charge in [0.05, 0.1) is 23.9 Å². The first-order chi connectivity index (χ1) is 15.0. The molecule has 0 spiro atoms. The van der Waals surface area contributed by atoms with E-state index in [0.717, 1.165) is 6.42 Å². The summed E-state index contributed by atoms with van der Waals surface area (Å²) in [5, 5.41) is 27.2. The van der Waals surface area contributed by atoms with E-state index in [1.807, 2.05) is 18.2 Å². The molecule has 10 heteroatoms. The molecule has 2 aliphatic rings. The summed E-state index contributed by atoms with van der Waals surface area (Å²) in [6, 6.07) is 9.56. The second-order valence-corrected chi connectivity index (χ2v) is 8.27. The van der Waals surface area contributed by atoms with Crippen molar-refractivity contribution in [2.45, 2.75) is 31.1 Å². The standard InChI is InChI=1S/C21H25N7O3/c1-23-19(31)21-9-12(21)14(15(29)16(21)30)28-10-25-13-17(26-20(22)27-18(13)28)24-8-7-11-5-3-2-4-6-11/h2-6,10,12,14-16,29-30H,7-9H2,1H3,(H,23,31)(H3,22,24,26,27)/t12-,14-,15-,16?,21+/m1/s1. The minimum Gasteiger partial charge on any atom is -0.389 e. The minimum atomic E-state index is -1.15. The smallest absolute Gasteiger partial charge is 0.229 e. The molecule has 2 fully saturated rings. The first kappa shape index (κ1) is 19.7. The predicted octanol–water partition coefficient (Wildman–Crippen LogP) is 0.0919. The molecule has 1 amide bonds. The van der Waals surface area contributed by atoms with Crippen molar-refractivity contribution in [2.24, 2.45) is 11.3 Å². The van der Waals surface area contributed by atoms with E-state index >= 15 is 0 Å². The highest BCUT2D eigenvalue weighted by atomic mass is 16.3. The highest BCUT2D eigenvalue weighted by Gasteiger charge is 2.75. The highest BCUT2D eigenvalue weighted by molar-refractivity contribution is 5.88. The molecule has 2 aliphatic carbocycles. The zero-order valence-electron chi connectivity index (χ0n) is 17.1. The molecule has 0 bridgehead atoms. The highest BCUT2D eigenvalue weighted by Crippen LogP contribution is 2.67. The molecule has 3 aromatic rings. The van der Waals surface area contributed by atoms with E-state index in [1.165, 1.54) is 12.6 Å². The van der Waals surface area contributed by atoms with Gasteiger partial charge in [-0.1, -0.05) is 30.3 Å². The number of aliphatic hydroxyl groups is 2. The molecule has 5 rings (SSSR count). The Hall–Kier alpha value is -3.24. The van der Waals surface area contributed by atoms with Crippen molar-refractivity contribution in [1.82, 2.24) is 24.8 Å². The zero-order valence-corrected chi connectivity index (χ0v) is 17.1. The lowest BCUT2D eigenvalue weighted by molar-refractivity contribution is -0.132. The Labute approximate surface area is 178 Å². The molecule has 2 heterocycles. The number of aliphatic hydroxyl groups excluding tert-OH is 2. The fourth-order valence-corrected chi connectivity index (χ4v) is 5.03. The summed E-state index contributed by atoms with van der Waals surface area (Å²) in [4.78, 5) is 25.5. The third-order valence-electron chi connectivity index (χ3n) is 6.63. The summed E-state index contributed by atoms with van der Waals surface area (Å²) in [6.45, 7) is 0.635. The Morgan fingerprint density at radius 2 is 2.06 bits per heavy atom. The van der Waals surface area contributed by atoms with Crippen LogP contribution in [0.15, 0.2) is 36.7 Å². The van der Waals surface area contributed by atoms with Crippen LogP contribution in [0, 0.1) is 11.3 Å². The fourth-order valence-electron chi connectivity index (χ4n) is 5.03. The number of nitrogens with one attached hydrogen (secondary N) is 2. The number of nitrogens with two attached hydrogens (primary N) is 1. The second-order valence-electron chi connectivity index (χ2n) is 8.27. The van der Waals surface area contributed by atoms with Crippen LogP contribution < -0.4 is 16.4 Å². The lowest BCUT2D eigenvalue weighted by atomic mass is 9.98. The van der Waals surface area contributed by atoms with Crippen LogP contribution in [0.4, 0.5) is 11.8 Å². The number of rotatable bonds is 6. The molecule has 5 atom stereocenters. The van der Waals surface area contributed by atoms with Gasteiger partial charge in [-0.25, -0.2) is 4.98 Å². The van der Waals surface area contributed by atoms with Crippen molar-refractivity contribution >= 4 is 28.8 Å². The summed E-state index contributed by atoms with van der Waals surface area (Å²) >= 11 is 0. The Balaban J connectivity index is 1.43. The Kier molecular flexibility index (Phi) is 4.56. The second kappa shape index (κ2) is 7.17. The lowest BCUT2D eigenvalue weighted by Crippen LogP contribution is -2.41. The molecule has 0 aliphatic heterocycles. The van der Waals surface area contributed by atoms with E-state index in [9.17, 15) is 15.0 Å². The number of fused-ring (bicyclic) bond motifs is 2. The molecular weight excluding hydrogens is 398 g/mol. The van der Waals surface area contributed by atoms with Gasteiger partial charge in [0.25, 0.3) is 0 Å². The van der Waals surface area contributed by atoms with Gasteiger partial charge in [0.15, 0.2) is 17.0 Å². The molecule has 10 nitrogen and oxygen atoms in total. The van der Waals surface area contributed by atoms with Gasteiger partial charge in [0.1, 0.15) is 6.10 Å². The third-order valence-corrected chi connectivity index (χ3v) is 6.63.